The molecule has 0 radical (unpaired) electrons. The molecule has 0 aromatic heterocycles. The summed E-state index contributed by atoms with van der Waals surface area (Å²) in [5.74, 6) is 0.898. The highest BCUT2D eigenvalue weighted by molar-refractivity contribution is 6.20. The summed E-state index contributed by atoms with van der Waals surface area (Å²) >= 11 is 6.24. The number of halogens is 1. The van der Waals surface area contributed by atoms with Gasteiger partial charge in [0.25, 0.3) is 0 Å². The van der Waals surface area contributed by atoms with Crippen molar-refractivity contribution < 1.29 is 4.74 Å². The molecule has 16 heavy (non-hydrogen) atoms. The molecule has 0 spiro atoms. The van der Waals surface area contributed by atoms with E-state index in [1.165, 1.54) is 25.9 Å². The third-order valence-electron chi connectivity index (χ3n) is 2.83. The van der Waals surface area contributed by atoms with E-state index in [0.717, 1.165) is 12.3 Å². The predicted octanol–water partition coefficient (Wildman–Crippen LogP) is 2.77. The van der Waals surface area contributed by atoms with Gasteiger partial charge in [0.1, 0.15) is 12.4 Å². The Labute approximate surface area is 102 Å². The van der Waals surface area contributed by atoms with Crippen LogP contribution in [0.2, 0.25) is 0 Å². The Kier molecular flexibility index (Phi) is 4.49. The Morgan fingerprint density at radius 1 is 1.19 bits per heavy atom. The number of alkyl halides is 1. The molecule has 3 heteroatoms. The van der Waals surface area contributed by atoms with Crippen LogP contribution in [0.1, 0.15) is 12.8 Å². The predicted molar refractivity (Wildman–Crippen MR) is 67.3 cm³/mol. The number of para-hydroxylation sites is 1. The topological polar surface area (TPSA) is 12.5 Å². The largest absolute Gasteiger partial charge is 0.492 e. The molecule has 2 nitrogen and oxygen atoms in total. The minimum Gasteiger partial charge on any atom is -0.492 e. The smallest absolute Gasteiger partial charge is 0.119 e. The number of nitrogens with zero attached hydrogens (tertiary/aromatic N) is 1. The summed E-state index contributed by atoms with van der Waals surface area (Å²) in [6.07, 6.45) is 2.62. The molecule has 0 bridgehead atoms. The van der Waals surface area contributed by atoms with E-state index >= 15 is 0 Å². The van der Waals surface area contributed by atoms with Crippen molar-refractivity contribution in [2.45, 2.75) is 18.2 Å². The molecule has 1 aromatic carbocycles. The van der Waals surface area contributed by atoms with Gasteiger partial charge in [0.15, 0.2) is 0 Å². The van der Waals surface area contributed by atoms with Crippen molar-refractivity contribution in [3.05, 3.63) is 30.3 Å². The molecule has 88 valence electrons. The number of benzene rings is 1. The lowest BCUT2D eigenvalue weighted by Crippen LogP contribution is -2.30. The van der Waals surface area contributed by atoms with Crippen molar-refractivity contribution in [1.82, 2.24) is 4.90 Å². The first-order chi connectivity index (χ1) is 7.84. The molecule has 1 fully saturated rings. The van der Waals surface area contributed by atoms with Crippen molar-refractivity contribution in [2.75, 3.05) is 26.2 Å². The Hall–Kier alpha value is -0.730. The first-order valence-corrected chi connectivity index (χ1v) is 6.32. The normalized spacial score (nSPS) is 18.6. The Bertz CT molecular complexity index is 298. The summed E-state index contributed by atoms with van der Waals surface area (Å²) in [6.45, 7) is 3.90. The average Bonchev–Trinajstić information content (AvgIpc) is 2.81. The molecule has 0 amide bonds. The second-order valence-corrected chi connectivity index (χ2v) is 4.85. The van der Waals surface area contributed by atoms with Gasteiger partial charge in [-0.15, -0.1) is 11.6 Å². The summed E-state index contributed by atoms with van der Waals surface area (Å²) in [4.78, 5) is 2.41. The molecule has 1 heterocycles. The second kappa shape index (κ2) is 6.12. The number of likely N-dealkylation sites (tertiary alicyclic amines) is 1. The lowest BCUT2D eigenvalue weighted by Gasteiger charge is -2.18. The Balaban J connectivity index is 1.69. The van der Waals surface area contributed by atoms with Gasteiger partial charge in [0.2, 0.25) is 0 Å². The molecular weight excluding hydrogens is 222 g/mol. The lowest BCUT2D eigenvalue weighted by atomic mass is 10.3. The highest BCUT2D eigenvalue weighted by Gasteiger charge is 2.16. The summed E-state index contributed by atoms with van der Waals surface area (Å²) in [7, 11) is 0. The van der Waals surface area contributed by atoms with Gasteiger partial charge in [-0.25, -0.2) is 0 Å². The van der Waals surface area contributed by atoms with Gasteiger partial charge in [0, 0.05) is 6.54 Å². The van der Waals surface area contributed by atoms with E-state index < -0.39 is 0 Å². The number of hydrogen-bond donors (Lipinski definition) is 0. The molecule has 1 saturated heterocycles. The zero-order chi connectivity index (χ0) is 11.2. The van der Waals surface area contributed by atoms with Gasteiger partial charge in [-0.05, 0) is 38.1 Å². The highest BCUT2D eigenvalue weighted by atomic mass is 35.5. The zero-order valence-corrected chi connectivity index (χ0v) is 10.2. The standard InChI is InChI=1S/C13H18ClNO/c14-12(10-15-8-4-5-9-15)11-16-13-6-2-1-3-7-13/h1-3,6-7,12H,4-5,8-11H2. The minimum atomic E-state index is 0.0818. The number of ether oxygens (including phenoxy) is 1. The number of rotatable bonds is 5. The third-order valence-corrected chi connectivity index (χ3v) is 3.09. The number of hydrogen-bond acceptors (Lipinski definition) is 2. The van der Waals surface area contributed by atoms with Crippen LogP contribution in [0.15, 0.2) is 30.3 Å². The van der Waals surface area contributed by atoms with Crippen LogP contribution < -0.4 is 4.74 Å². The van der Waals surface area contributed by atoms with Crippen molar-refractivity contribution in [1.29, 1.82) is 0 Å². The van der Waals surface area contributed by atoms with E-state index in [4.69, 9.17) is 16.3 Å². The van der Waals surface area contributed by atoms with Gasteiger partial charge in [-0.3, -0.25) is 0 Å². The summed E-state index contributed by atoms with van der Waals surface area (Å²) in [5, 5.41) is 0.0818. The molecule has 1 aromatic rings. The van der Waals surface area contributed by atoms with E-state index in [9.17, 15) is 0 Å². The molecule has 1 atom stereocenters. The van der Waals surface area contributed by atoms with Crippen LogP contribution in [0.5, 0.6) is 5.75 Å². The molecule has 2 rings (SSSR count). The molecule has 0 N–H and O–H groups in total. The average molecular weight is 240 g/mol. The van der Waals surface area contributed by atoms with E-state index in [2.05, 4.69) is 4.90 Å². The first kappa shape index (κ1) is 11.7. The fourth-order valence-electron chi connectivity index (χ4n) is 2.00. The van der Waals surface area contributed by atoms with E-state index in [0.29, 0.717) is 6.61 Å². The summed E-state index contributed by atoms with van der Waals surface area (Å²) in [5.41, 5.74) is 0. The summed E-state index contributed by atoms with van der Waals surface area (Å²) < 4.78 is 5.62. The van der Waals surface area contributed by atoms with E-state index in [1.54, 1.807) is 0 Å². The van der Waals surface area contributed by atoms with Gasteiger partial charge >= 0.3 is 0 Å². The van der Waals surface area contributed by atoms with Crippen molar-refractivity contribution in [3.8, 4) is 5.75 Å². The maximum Gasteiger partial charge on any atom is 0.119 e. The lowest BCUT2D eigenvalue weighted by molar-refractivity contribution is 0.267. The van der Waals surface area contributed by atoms with E-state index in [-0.39, 0.29) is 5.38 Å². The SMILES string of the molecule is ClC(COc1ccccc1)CN1CCCC1. The molecule has 0 aliphatic carbocycles. The van der Waals surface area contributed by atoms with Crippen LogP contribution in [-0.2, 0) is 0 Å². The Morgan fingerprint density at radius 2 is 1.88 bits per heavy atom. The second-order valence-electron chi connectivity index (χ2n) is 4.23. The van der Waals surface area contributed by atoms with Crippen molar-refractivity contribution >= 4 is 11.6 Å². The minimum absolute atomic E-state index is 0.0818. The maximum absolute atomic E-state index is 6.24. The maximum atomic E-state index is 6.24. The van der Waals surface area contributed by atoms with Gasteiger partial charge in [0.05, 0.1) is 5.38 Å². The molecule has 1 unspecified atom stereocenters. The highest BCUT2D eigenvalue weighted by Crippen LogP contribution is 2.13. The van der Waals surface area contributed by atoms with E-state index in [1.807, 2.05) is 30.3 Å². The molecule has 1 aliphatic rings. The fraction of sp³-hybridized carbons (Fsp3) is 0.538. The zero-order valence-electron chi connectivity index (χ0n) is 9.44. The quantitative estimate of drug-likeness (QED) is 0.733. The fourth-order valence-corrected chi connectivity index (χ4v) is 2.26. The van der Waals surface area contributed by atoms with Crippen LogP contribution in [-0.4, -0.2) is 36.5 Å². The molecule has 1 aliphatic heterocycles. The summed E-state index contributed by atoms with van der Waals surface area (Å²) in [6, 6.07) is 9.84. The van der Waals surface area contributed by atoms with Crippen molar-refractivity contribution in [2.24, 2.45) is 0 Å². The monoisotopic (exact) mass is 239 g/mol. The van der Waals surface area contributed by atoms with Gasteiger partial charge in [-0.2, -0.15) is 0 Å². The van der Waals surface area contributed by atoms with Crippen LogP contribution >= 0.6 is 11.6 Å². The molecular formula is C13H18ClNO. The molecule has 0 saturated carbocycles. The Morgan fingerprint density at radius 3 is 2.56 bits per heavy atom. The van der Waals surface area contributed by atoms with Crippen LogP contribution in [0, 0.1) is 0 Å². The van der Waals surface area contributed by atoms with Gasteiger partial charge < -0.3 is 9.64 Å². The van der Waals surface area contributed by atoms with Gasteiger partial charge in [-0.1, -0.05) is 18.2 Å². The first-order valence-electron chi connectivity index (χ1n) is 5.89. The third kappa shape index (κ3) is 3.69. The van der Waals surface area contributed by atoms with Crippen LogP contribution in [0.25, 0.3) is 0 Å². The van der Waals surface area contributed by atoms with Crippen LogP contribution in [0.3, 0.4) is 0 Å². The van der Waals surface area contributed by atoms with Crippen LogP contribution in [0.4, 0.5) is 0 Å². The van der Waals surface area contributed by atoms with Crippen molar-refractivity contribution in [3.63, 3.8) is 0 Å².